The van der Waals surface area contributed by atoms with Crippen molar-refractivity contribution in [2.75, 3.05) is 0 Å². The molecule has 0 bridgehead atoms. The Morgan fingerprint density at radius 1 is 1.00 bits per heavy atom. The van der Waals surface area contributed by atoms with E-state index in [4.69, 9.17) is 0 Å². The van der Waals surface area contributed by atoms with Crippen LogP contribution in [0.2, 0.25) is 0 Å². The molecule has 0 saturated carbocycles. The maximum absolute atomic E-state index is 4.47. The largest absolute Gasteiger partial charge is 1.45 e. The minimum absolute atomic E-state index is 0. The molecule has 60 valence electrons. The molecule has 0 fully saturated rings. The summed E-state index contributed by atoms with van der Waals surface area (Å²) >= 11 is 0. The second-order valence-corrected chi connectivity index (χ2v) is 3.08. The molecule has 0 saturated heterocycles. The second-order valence-electron chi connectivity index (χ2n) is 2.63. The Bertz CT molecular complexity index is 226. The van der Waals surface area contributed by atoms with Crippen molar-refractivity contribution in [2.24, 2.45) is 0 Å². The Morgan fingerprint density at radius 2 is 1.38 bits per heavy atom. The first-order valence-corrected chi connectivity index (χ1v) is 4.54. The molecule has 13 heavy (non-hydrogen) atoms. The molecule has 0 unspecified atom stereocenters. The molecule has 0 aliphatic heterocycles. The molecule has 0 aliphatic carbocycles. The molecule has 1 rings (SSSR count). The average Bonchev–Trinajstić information content (AvgIpc) is 2.05. The van der Waals surface area contributed by atoms with Crippen LogP contribution in [-0.2, 0) is 12.8 Å². The van der Waals surface area contributed by atoms with Gasteiger partial charge < -0.3 is 14.5 Å². The molecular weight excluding hydrogens is 165 g/mol. The summed E-state index contributed by atoms with van der Waals surface area (Å²) in [6.45, 7) is 4.32. The van der Waals surface area contributed by atoms with Crippen molar-refractivity contribution in [3.05, 3.63) is 29.3 Å². The van der Waals surface area contributed by atoms with Gasteiger partial charge >= 0.3 is 37.7 Å². The van der Waals surface area contributed by atoms with Crippen LogP contribution >= 0.6 is 9.24 Å². The summed E-state index contributed by atoms with van der Waals surface area (Å²) in [6.07, 6.45) is 2.15. The first kappa shape index (κ1) is 16.3. The molecule has 1 aromatic carbocycles. The average molecular weight is 178 g/mol. The third-order valence-electron chi connectivity index (χ3n) is 1.96. The van der Waals surface area contributed by atoms with E-state index in [0.29, 0.717) is 0 Å². The van der Waals surface area contributed by atoms with E-state index in [1.165, 1.54) is 16.4 Å². The van der Waals surface area contributed by atoms with E-state index in [-0.39, 0.29) is 37.7 Å². The van der Waals surface area contributed by atoms with Gasteiger partial charge in [-0.15, -0.1) is 11.1 Å². The Kier molecular flexibility index (Phi) is 10.2. The van der Waals surface area contributed by atoms with Crippen LogP contribution in [0, 0.1) is 0 Å². The molecule has 0 atom stereocenters. The van der Waals surface area contributed by atoms with E-state index in [2.05, 4.69) is 41.3 Å². The van der Waals surface area contributed by atoms with E-state index >= 15 is 0 Å². The predicted octanol–water partition coefficient (Wildman–Crippen LogP) is -3.14. The number of hydrogen-bond acceptors (Lipinski definition) is 0. The molecule has 0 nitrogen and oxygen atoms in total. The predicted molar refractivity (Wildman–Crippen MR) is 51.8 cm³/mol. The third kappa shape index (κ3) is 4.25. The van der Waals surface area contributed by atoms with Crippen LogP contribution < -0.4 is 43.0 Å². The Labute approximate surface area is 108 Å². The zero-order chi connectivity index (χ0) is 8.27. The van der Waals surface area contributed by atoms with Crippen molar-refractivity contribution in [3.63, 3.8) is 0 Å². The third-order valence-corrected chi connectivity index (χ3v) is 2.54. The maximum atomic E-state index is 4.47. The van der Waals surface area contributed by atoms with Crippen molar-refractivity contribution >= 4 is 14.5 Å². The van der Waals surface area contributed by atoms with E-state index in [0.717, 1.165) is 12.8 Å². The molecule has 3 heteroatoms. The van der Waals surface area contributed by atoms with Gasteiger partial charge in [0.2, 0.25) is 0 Å². The van der Waals surface area contributed by atoms with E-state index in [1.54, 1.807) is 0 Å². The van der Waals surface area contributed by atoms with E-state index in [9.17, 15) is 0 Å². The van der Waals surface area contributed by atoms with Crippen molar-refractivity contribution in [3.8, 4) is 0 Å². The van der Waals surface area contributed by atoms with Gasteiger partial charge in [0.05, 0.1) is 0 Å². The Hall–Kier alpha value is 0.845. The van der Waals surface area contributed by atoms with Gasteiger partial charge in [-0.05, 0) is 12.8 Å². The fraction of sp³-hybridized carbons (Fsp3) is 0.400. The molecule has 0 N–H and O–H groups in total. The molecule has 0 aromatic heterocycles. The molecule has 0 amide bonds. The van der Waals surface area contributed by atoms with Crippen molar-refractivity contribution < 1.29 is 37.7 Å². The van der Waals surface area contributed by atoms with Gasteiger partial charge in [-0.2, -0.15) is 0 Å². The molecule has 0 aliphatic rings. The Morgan fingerprint density at radius 3 is 1.69 bits per heavy atom. The monoisotopic (exact) mass is 178 g/mol. The standard InChI is InChI=1S/C10H13P.2Li/c1-3-8-6-5-7-9(4-2)10(8)11;;/h5-7H,3-4H2,1-2H3;;/q-2;2*+1. The summed E-state index contributed by atoms with van der Waals surface area (Å²) in [5.74, 6) is 0. The Balaban J connectivity index is 0. The van der Waals surface area contributed by atoms with Crippen LogP contribution in [0.15, 0.2) is 18.2 Å². The number of hydrogen-bond donors (Lipinski definition) is 0. The van der Waals surface area contributed by atoms with Gasteiger partial charge in [0.15, 0.2) is 0 Å². The SMILES string of the molecule is CCc1cccc(CC)c1[P-2].[Li+].[Li+]. The smallest absolute Gasteiger partial charge is 1.00 e. The summed E-state index contributed by atoms with van der Waals surface area (Å²) in [5.41, 5.74) is 2.71. The number of aryl methyl sites for hydroxylation is 2. The molecular formula is C10H13Li2P. The topological polar surface area (TPSA) is 0 Å². The first-order chi connectivity index (χ1) is 5.29. The van der Waals surface area contributed by atoms with Gasteiger partial charge in [0, 0.05) is 0 Å². The van der Waals surface area contributed by atoms with Crippen LogP contribution in [0.4, 0.5) is 0 Å². The summed E-state index contributed by atoms with van der Waals surface area (Å²) in [7, 11) is 4.47. The number of rotatable bonds is 2. The minimum Gasteiger partial charge on any atom is -1.45 e. The number of benzene rings is 1. The fourth-order valence-corrected chi connectivity index (χ4v) is 1.68. The normalized spacial score (nSPS) is 8.54. The summed E-state index contributed by atoms with van der Waals surface area (Å²) in [6, 6.07) is 6.39. The van der Waals surface area contributed by atoms with Gasteiger partial charge in [-0.1, -0.05) is 32.0 Å². The summed E-state index contributed by atoms with van der Waals surface area (Å²) in [5, 5.41) is 1.18. The molecule has 0 heterocycles. The maximum Gasteiger partial charge on any atom is 1.00 e. The van der Waals surface area contributed by atoms with E-state index < -0.39 is 0 Å². The molecule has 1 aromatic rings. The minimum atomic E-state index is 0. The molecule has 0 radical (unpaired) electrons. The van der Waals surface area contributed by atoms with Crippen LogP contribution in [0.3, 0.4) is 0 Å². The first-order valence-electron chi connectivity index (χ1n) is 4.09. The van der Waals surface area contributed by atoms with Crippen LogP contribution in [0.25, 0.3) is 0 Å². The van der Waals surface area contributed by atoms with E-state index in [1.807, 2.05) is 0 Å². The van der Waals surface area contributed by atoms with Gasteiger partial charge in [-0.25, -0.2) is 0 Å². The molecule has 0 spiro atoms. The zero-order valence-corrected chi connectivity index (χ0v) is 9.99. The fourth-order valence-electron chi connectivity index (χ4n) is 1.22. The summed E-state index contributed by atoms with van der Waals surface area (Å²) < 4.78 is 0. The second kappa shape index (κ2) is 8.18. The van der Waals surface area contributed by atoms with Gasteiger partial charge in [-0.3, -0.25) is 0 Å². The van der Waals surface area contributed by atoms with Crippen LogP contribution in [0.5, 0.6) is 0 Å². The van der Waals surface area contributed by atoms with Gasteiger partial charge in [0.1, 0.15) is 0 Å². The quantitative estimate of drug-likeness (QED) is 0.331. The zero-order valence-electron chi connectivity index (χ0n) is 9.09. The van der Waals surface area contributed by atoms with Crippen molar-refractivity contribution in [1.82, 2.24) is 0 Å². The summed E-state index contributed by atoms with van der Waals surface area (Å²) in [4.78, 5) is 0. The van der Waals surface area contributed by atoms with Gasteiger partial charge in [0.25, 0.3) is 0 Å². The van der Waals surface area contributed by atoms with Crippen LogP contribution in [0.1, 0.15) is 25.0 Å². The van der Waals surface area contributed by atoms with Crippen molar-refractivity contribution in [2.45, 2.75) is 26.7 Å². The van der Waals surface area contributed by atoms with Crippen molar-refractivity contribution in [1.29, 1.82) is 0 Å². The van der Waals surface area contributed by atoms with Crippen LogP contribution in [-0.4, -0.2) is 0 Å².